The lowest BCUT2D eigenvalue weighted by Gasteiger charge is -2.71. The number of carbonyl (C=O) groups excluding carboxylic acids is 1. The summed E-state index contributed by atoms with van der Waals surface area (Å²) in [5.74, 6) is 1.21. The summed E-state index contributed by atoms with van der Waals surface area (Å²) in [5, 5.41) is 24.1. The molecule has 0 radical (unpaired) electrons. The van der Waals surface area contributed by atoms with E-state index in [1.807, 2.05) is 0 Å². The second kappa shape index (κ2) is 18.8. The molecule has 4 saturated carbocycles. The molecule has 4 rings (SSSR count). The van der Waals surface area contributed by atoms with Gasteiger partial charge in [0.1, 0.15) is 6.10 Å². The Bertz CT molecular complexity index is 1140. The number of carbonyl (C=O) groups is 1. The highest BCUT2D eigenvalue weighted by molar-refractivity contribution is 5.69. The molecule has 4 fully saturated rings. The van der Waals surface area contributed by atoms with Gasteiger partial charge < -0.3 is 14.9 Å². The molecule has 4 nitrogen and oxygen atoms in total. The Labute approximate surface area is 322 Å². The molecule has 0 heterocycles. The fourth-order valence-corrected chi connectivity index (χ4v) is 13.4. The van der Waals surface area contributed by atoms with Crippen molar-refractivity contribution in [2.75, 3.05) is 0 Å². The molecular formula is C48H86O4. The van der Waals surface area contributed by atoms with E-state index in [1.165, 1.54) is 89.0 Å². The van der Waals surface area contributed by atoms with Gasteiger partial charge in [0.15, 0.2) is 0 Å². The smallest absolute Gasteiger partial charge is 0.306 e. The molecule has 0 aliphatic heterocycles. The first kappa shape index (κ1) is 43.9. The van der Waals surface area contributed by atoms with E-state index in [0.29, 0.717) is 18.3 Å². The van der Waals surface area contributed by atoms with Crippen LogP contribution in [0, 0.1) is 45.3 Å². The van der Waals surface area contributed by atoms with Crippen LogP contribution >= 0.6 is 0 Å². The van der Waals surface area contributed by atoms with Crippen LogP contribution in [0.5, 0.6) is 0 Å². The largest absolute Gasteiger partial charge is 0.462 e. The summed E-state index contributed by atoms with van der Waals surface area (Å²) >= 11 is 0. The van der Waals surface area contributed by atoms with E-state index in [9.17, 15) is 15.0 Å². The minimum Gasteiger partial charge on any atom is -0.462 e. The van der Waals surface area contributed by atoms with Crippen LogP contribution in [0.2, 0.25) is 0 Å². The maximum atomic E-state index is 13.2. The molecule has 4 aliphatic carbocycles. The number of esters is 1. The molecule has 0 aromatic rings. The van der Waals surface area contributed by atoms with Gasteiger partial charge in [-0.1, -0.05) is 143 Å². The van der Waals surface area contributed by atoms with Gasteiger partial charge in [-0.15, -0.1) is 0 Å². The third-order valence-electron chi connectivity index (χ3n) is 16.5. The van der Waals surface area contributed by atoms with Crippen molar-refractivity contribution in [2.45, 2.75) is 241 Å². The molecule has 0 aromatic carbocycles. The maximum Gasteiger partial charge on any atom is 0.306 e. The Morgan fingerprint density at radius 3 is 1.87 bits per heavy atom. The lowest BCUT2D eigenvalue weighted by atomic mass is 9.35. The predicted octanol–water partition coefficient (Wildman–Crippen LogP) is 13.3. The Morgan fingerprint density at radius 1 is 0.769 bits per heavy atom. The molecule has 2 N–H and O–H groups in total. The van der Waals surface area contributed by atoms with Crippen molar-refractivity contribution in [3.63, 3.8) is 0 Å². The maximum absolute atomic E-state index is 13.2. The van der Waals surface area contributed by atoms with Crippen molar-refractivity contribution >= 4 is 5.97 Å². The van der Waals surface area contributed by atoms with Crippen LogP contribution < -0.4 is 0 Å². The fraction of sp³-hybridized carbons (Fsp3) is 0.938. The molecular weight excluding hydrogens is 641 g/mol. The number of allylic oxidation sites excluding steroid dienone is 2. The van der Waals surface area contributed by atoms with Crippen LogP contribution in [0.15, 0.2) is 11.6 Å². The van der Waals surface area contributed by atoms with Crippen molar-refractivity contribution in [1.82, 2.24) is 0 Å². The van der Waals surface area contributed by atoms with Gasteiger partial charge in [-0.2, -0.15) is 0 Å². The average Bonchev–Trinajstić information content (AvgIpc) is 3.42. The molecule has 0 unspecified atom stereocenters. The molecule has 4 aliphatic rings. The van der Waals surface area contributed by atoms with Crippen LogP contribution in [-0.2, 0) is 9.53 Å². The molecule has 0 spiro atoms. The highest BCUT2D eigenvalue weighted by Gasteiger charge is 2.71. The first-order valence-corrected chi connectivity index (χ1v) is 22.8. The monoisotopic (exact) mass is 727 g/mol. The standard InChI is InChI=1S/C48H86O4/c1-10-11-12-13-14-15-16-17-18-19-20-21-22-23-24-27-42(50)52-41-30-32-45(6)40(44(41,4)5)29-34-47(8)43(45)39(49)35-38-37(28-33-46(38,47)7)48(9,51)31-25-26-36(2)3/h26,37-41,43,49,51H,10-25,27-35H2,1-9H3/t37-,38+,39+,40-,41-,43+,45-,46+,47+,48-/m0/s1. The van der Waals surface area contributed by atoms with Crippen LogP contribution in [-0.4, -0.2) is 34.0 Å². The Morgan fingerprint density at radius 2 is 1.31 bits per heavy atom. The third kappa shape index (κ3) is 9.73. The summed E-state index contributed by atoms with van der Waals surface area (Å²) in [5.41, 5.74) is 0.617. The lowest BCUT2D eigenvalue weighted by molar-refractivity contribution is -0.258. The summed E-state index contributed by atoms with van der Waals surface area (Å²) in [7, 11) is 0. The van der Waals surface area contributed by atoms with E-state index < -0.39 is 5.60 Å². The summed E-state index contributed by atoms with van der Waals surface area (Å²) in [4.78, 5) is 13.2. The van der Waals surface area contributed by atoms with Gasteiger partial charge in [0, 0.05) is 11.8 Å². The number of aliphatic hydroxyl groups is 2. The molecule has 0 amide bonds. The Kier molecular flexibility index (Phi) is 15.9. The van der Waals surface area contributed by atoms with Gasteiger partial charge in [-0.3, -0.25) is 4.79 Å². The minimum absolute atomic E-state index is 0.00119. The minimum atomic E-state index is -0.714. The normalized spacial score (nSPS) is 36.3. The zero-order valence-electron chi connectivity index (χ0n) is 35.9. The van der Waals surface area contributed by atoms with E-state index in [2.05, 4.69) is 68.4 Å². The summed E-state index contributed by atoms with van der Waals surface area (Å²) in [6.45, 7) is 20.9. The molecule has 4 heteroatoms. The summed E-state index contributed by atoms with van der Waals surface area (Å²) in [6, 6.07) is 0. The Balaban J connectivity index is 1.24. The second-order valence-corrected chi connectivity index (χ2v) is 20.7. The number of hydrogen-bond donors (Lipinski definition) is 2. The summed E-state index contributed by atoms with van der Waals surface area (Å²) < 4.78 is 6.36. The van der Waals surface area contributed by atoms with E-state index in [4.69, 9.17) is 4.74 Å². The van der Waals surface area contributed by atoms with Gasteiger partial charge in [-0.05, 0) is 125 Å². The predicted molar refractivity (Wildman–Crippen MR) is 219 cm³/mol. The van der Waals surface area contributed by atoms with E-state index >= 15 is 0 Å². The fourth-order valence-electron chi connectivity index (χ4n) is 13.4. The van der Waals surface area contributed by atoms with E-state index in [1.54, 1.807) is 0 Å². The van der Waals surface area contributed by atoms with Gasteiger partial charge in [-0.25, -0.2) is 0 Å². The highest BCUT2D eigenvalue weighted by Crippen LogP contribution is 2.76. The van der Waals surface area contributed by atoms with Crippen molar-refractivity contribution < 1.29 is 19.7 Å². The number of ether oxygens (including phenoxy) is 1. The van der Waals surface area contributed by atoms with Crippen LogP contribution in [0.25, 0.3) is 0 Å². The highest BCUT2D eigenvalue weighted by atomic mass is 16.5. The van der Waals surface area contributed by atoms with Crippen molar-refractivity contribution in [1.29, 1.82) is 0 Å². The van der Waals surface area contributed by atoms with Gasteiger partial charge in [0.25, 0.3) is 0 Å². The van der Waals surface area contributed by atoms with Crippen LogP contribution in [0.1, 0.15) is 223 Å². The third-order valence-corrected chi connectivity index (χ3v) is 16.5. The molecule has 10 atom stereocenters. The van der Waals surface area contributed by atoms with E-state index in [-0.39, 0.29) is 51.7 Å². The molecule has 302 valence electrons. The number of unbranched alkanes of at least 4 members (excludes halogenated alkanes) is 14. The van der Waals surface area contributed by atoms with Crippen molar-refractivity contribution in [3.8, 4) is 0 Å². The second-order valence-electron chi connectivity index (χ2n) is 20.7. The van der Waals surface area contributed by atoms with Gasteiger partial charge in [0.05, 0.1) is 11.7 Å². The Hall–Kier alpha value is -0.870. The molecule has 0 bridgehead atoms. The number of fused-ring (bicyclic) bond motifs is 5. The van der Waals surface area contributed by atoms with Gasteiger partial charge in [0.2, 0.25) is 0 Å². The lowest BCUT2D eigenvalue weighted by Crippen LogP contribution is -2.67. The zero-order chi connectivity index (χ0) is 38.2. The van der Waals surface area contributed by atoms with Gasteiger partial charge >= 0.3 is 5.97 Å². The molecule has 0 saturated heterocycles. The van der Waals surface area contributed by atoms with Crippen LogP contribution in [0.4, 0.5) is 0 Å². The van der Waals surface area contributed by atoms with E-state index in [0.717, 1.165) is 70.6 Å². The van der Waals surface area contributed by atoms with Crippen molar-refractivity contribution in [2.24, 2.45) is 45.3 Å². The molecule has 0 aromatic heterocycles. The average molecular weight is 727 g/mol. The van der Waals surface area contributed by atoms with Crippen LogP contribution in [0.3, 0.4) is 0 Å². The number of rotatable bonds is 21. The summed E-state index contributed by atoms with van der Waals surface area (Å²) in [6.07, 6.45) is 31.2. The topological polar surface area (TPSA) is 66.8 Å². The quantitative estimate of drug-likeness (QED) is 0.0702. The first-order chi connectivity index (χ1) is 24.5. The molecule has 52 heavy (non-hydrogen) atoms. The van der Waals surface area contributed by atoms with Crippen molar-refractivity contribution in [3.05, 3.63) is 11.6 Å². The number of aliphatic hydroxyl groups excluding tert-OH is 1. The SMILES string of the molecule is CCCCCCCCCCCCCCCCCC(=O)O[C@H]1CC[C@]2(C)[C@H]3[C@H](O)C[C@@H]4[C@@H]([C@@](C)(O)CCC=C(C)C)CC[C@@]4(C)[C@]3(C)CC[C@H]2C1(C)C. The zero-order valence-corrected chi connectivity index (χ0v) is 35.9. The first-order valence-electron chi connectivity index (χ1n) is 22.8. The number of hydrogen-bond acceptors (Lipinski definition) is 4.